The second kappa shape index (κ2) is 7.88. The highest BCUT2D eigenvalue weighted by Crippen LogP contribution is 2.22. The maximum atomic E-state index is 6.18. The van der Waals surface area contributed by atoms with Gasteiger partial charge in [0, 0.05) is 17.6 Å². The van der Waals surface area contributed by atoms with Crippen molar-refractivity contribution >= 4 is 11.6 Å². The lowest BCUT2D eigenvalue weighted by atomic mass is 9.98. The topological polar surface area (TPSA) is 21.3 Å². The van der Waals surface area contributed by atoms with E-state index in [0.29, 0.717) is 6.10 Å². The summed E-state index contributed by atoms with van der Waals surface area (Å²) in [6.07, 6.45) is 7.00. The Morgan fingerprint density at radius 3 is 2.74 bits per heavy atom. The van der Waals surface area contributed by atoms with Gasteiger partial charge in [0.25, 0.3) is 0 Å². The highest BCUT2D eigenvalue weighted by atomic mass is 35.5. The van der Waals surface area contributed by atoms with E-state index in [0.717, 1.165) is 23.7 Å². The monoisotopic (exact) mass is 281 g/mol. The summed E-state index contributed by atoms with van der Waals surface area (Å²) in [6, 6.07) is 8.27. The average molecular weight is 282 g/mol. The number of benzene rings is 1. The summed E-state index contributed by atoms with van der Waals surface area (Å²) in [5.74, 6) is 0. The summed E-state index contributed by atoms with van der Waals surface area (Å²) >= 11 is 6.18. The van der Waals surface area contributed by atoms with E-state index >= 15 is 0 Å². The van der Waals surface area contributed by atoms with Crippen LogP contribution in [0.5, 0.6) is 0 Å². The van der Waals surface area contributed by atoms with Crippen molar-refractivity contribution in [1.29, 1.82) is 0 Å². The number of hydrogen-bond donors (Lipinski definition) is 1. The molecule has 1 aliphatic rings. The molecule has 1 unspecified atom stereocenters. The number of ether oxygens (including phenoxy) is 1. The third kappa shape index (κ3) is 4.79. The molecule has 0 bridgehead atoms. The Morgan fingerprint density at radius 1 is 1.26 bits per heavy atom. The molecule has 1 aromatic rings. The first-order valence-electron chi connectivity index (χ1n) is 7.37. The molecule has 1 fully saturated rings. The fourth-order valence-corrected chi connectivity index (χ4v) is 2.97. The van der Waals surface area contributed by atoms with Gasteiger partial charge in [0.05, 0.1) is 12.7 Å². The molecule has 1 atom stereocenters. The second-order valence-corrected chi connectivity index (χ2v) is 5.74. The molecule has 2 rings (SSSR count). The molecule has 0 aromatic heterocycles. The molecule has 0 spiro atoms. The van der Waals surface area contributed by atoms with Crippen molar-refractivity contribution in [1.82, 2.24) is 5.32 Å². The lowest BCUT2D eigenvalue weighted by Crippen LogP contribution is -2.26. The maximum absolute atomic E-state index is 6.18. The molecule has 1 saturated carbocycles. The number of rotatable bonds is 6. The summed E-state index contributed by atoms with van der Waals surface area (Å²) in [7, 11) is 0. The zero-order chi connectivity index (χ0) is 13.5. The van der Waals surface area contributed by atoms with Gasteiger partial charge in [-0.2, -0.15) is 0 Å². The van der Waals surface area contributed by atoms with Gasteiger partial charge in [-0.3, -0.25) is 0 Å². The van der Waals surface area contributed by atoms with Crippen LogP contribution < -0.4 is 5.32 Å². The van der Waals surface area contributed by atoms with Crippen molar-refractivity contribution in [2.24, 2.45) is 0 Å². The molecule has 106 valence electrons. The predicted octanol–water partition coefficient (Wildman–Crippen LogP) is 4.34. The Balaban J connectivity index is 1.66. The van der Waals surface area contributed by atoms with Crippen molar-refractivity contribution in [3.05, 3.63) is 34.9 Å². The summed E-state index contributed by atoms with van der Waals surface area (Å²) in [4.78, 5) is 0. The van der Waals surface area contributed by atoms with Crippen molar-refractivity contribution in [2.75, 3.05) is 13.2 Å². The molecule has 3 heteroatoms. The van der Waals surface area contributed by atoms with Crippen LogP contribution in [0.2, 0.25) is 5.02 Å². The molecule has 1 N–H and O–H groups in total. The minimum Gasteiger partial charge on any atom is -0.377 e. The normalized spacial score (nSPS) is 18.4. The van der Waals surface area contributed by atoms with E-state index in [1.54, 1.807) is 0 Å². The summed E-state index contributed by atoms with van der Waals surface area (Å²) in [6.45, 7) is 3.81. The third-order valence-corrected chi connectivity index (χ3v) is 4.17. The zero-order valence-electron chi connectivity index (χ0n) is 11.7. The van der Waals surface area contributed by atoms with Gasteiger partial charge in [0.15, 0.2) is 0 Å². The quantitative estimate of drug-likeness (QED) is 0.783. The standard InChI is InChI=1S/C16H24ClNO/c1-13(15-9-5-6-10-16(15)17)18-11-12-19-14-7-3-2-4-8-14/h5-6,9-10,13-14,18H,2-4,7-8,11-12H2,1H3. The van der Waals surface area contributed by atoms with E-state index in [4.69, 9.17) is 16.3 Å². The van der Waals surface area contributed by atoms with Crippen LogP contribution in [0, 0.1) is 0 Å². The van der Waals surface area contributed by atoms with Crippen molar-refractivity contribution in [3.8, 4) is 0 Å². The van der Waals surface area contributed by atoms with Crippen LogP contribution >= 0.6 is 11.6 Å². The Labute approximate surface area is 121 Å². The molecular formula is C16H24ClNO. The Hall–Kier alpha value is -0.570. The summed E-state index contributed by atoms with van der Waals surface area (Å²) in [5.41, 5.74) is 1.15. The van der Waals surface area contributed by atoms with Crippen LogP contribution in [0.3, 0.4) is 0 Å². The van der Waals surface area contributed by atoms with Gasteiger partial charge in [-0.15, -0.1) is 0 Å². The first-order chi connectivity index (χ1) is 9.27. The molecule has 1 aromatic carbocycles. The molecule has 19 heavy (non-hydrogen) atoms. The summed E-state index contributed by atoms with van der Waals surface area (Å²) < 4.78 is 5.90. The van der Waals surface area contributed by atoms with E-state index in [2.05, 4.69) is 18.3 Å². The lowest BCUT2D eigenvalue weighted by molar-refractivity contribution is 0.0295. The predicted molar refractivity (Wildman–Crippen MR) is 80.7 cm³/mol. The average Bonchev–Trinajstić information content (AvgIpc) is 2.45. The van der Waals surface area contributed by atoms with Crippen LogP contribution in [-0.2, 0) is 4.74 Å². The van der Waals surface area contributed by atoms with Crippen LogP contribution in [-0.4, -0.2) is 19.3 Å². The molecule has 0 amide bonds. The highest BCUT2D eigenvalue weighted by Gasteiger charge is 2.13. The van der Waals surface area contributed by atoms with Crippen molar-refractivity contribution < 1.29 is 4.74 Å². The van der Waals surface area contributed by atoms with E-state index in [-0.39, 0.29) is 6.04 Å². The Morgan fingerprint density at radius 2 is 2.00 bits per heavy atom. The van der Waals surface area contributed by atoms with E-state index in [1.165, 1.54) is 32.1 Å². The Bertz CT molecular complexity index is 377. The van der Waals surface area contributed by atoms with Crippen LogP contribution in [0.15, 0.2) is 24.3 Å². The molecule has 1 aliphatic carbocycles. The zero-order valence-corrected chi connectivity index (χ0v) is 12.5. The van der Waals surface area contributed by atoms with Crippen molar-refractivity contribution in [2.45, 2.75) is 51.2 Å². The smallest absolute Gasteiger partial charge is 0.0594 e. The minimum absolute atomic E-state index is 0.267. The van der Waals surface area contributed by atoms with Gasteiger partial charge in [-0.1, -0.05) is 49.1 Å². The first-order valence-corrected chi connectivity index (χ1v) is 7.74. The molecule has 0 heterocycles. The largest absolute Gasteiger partial charge is 0.377 e. The summed E-state index contributed by atoms with van der Waals surface area (Å²) in [5, 5.41) is 4.30. The first kappa shape index (κ1) is 14.8. The van der Waals surface area contributed by atoms with Gasteiger partial charge >= 0.3 is 0 Å². The Kier molecular flexibility index (Phi) is 6.15. The third-order valence-electron chi connectivity index (χ3n) is 3.83. The molecule has 0 radical (unpaired) electrons. The molecule has 0 aliphatic heterocycles. The van der Waals surface area contributed by atoms with Gasteiger partial charge < -0.3 is 10.1 Å². The van der Waals surface area contributed by atoms with E-state index in [1.807, 2.05) is 18.2 Å². The van der Waals surface area contributed by atoms with Crippen LogP contribution in [0.25, 0.3) is 0 Å². The fraction of sp³-hybridized carbons (Fsp3) is 0.625. The number of nitrogens with one attached hydrogen (secondary N) is 1. The number of halogens is 1. The highest BCUT2D eigenvalue weighted by molar-refractivity contribution is 6.31. The van der Waals surface area contributed by atoms with E-state index < -0.39 is 0 Å². The van der Waals surface area contributed by atoms with Gasteiger partial charge in [-0.25, -0.2) is 0 Å². The van der Waals surface area contributed by atoms with Gasteiger partial charge in [0.1, 0.15) is 0 Å². The molecular weight excluding hydrogens is 258 g/mol. The van der Waals surface area contributed by atoms with E-state index in [9.17, 15) is 0 Å². The fourth-order valence-electron chi connectivity index (χ4n) is 2.67. The SMILES string of the molecule is CC(NCCOC1CCCCC1)c1ccccc1Cl. The maximum Gasteiger partial charge on any atom is 0.0594 e. The van der Waals surface area contributed by atoms with Gasteiger partial charge in [-0.05, 0) is 31.4 Å². The lowest BCUT2D eigenvalue weighted by Gasteiger charge is -2.22. The second-order valence-electron chi connectivity index (χ2n) is 5.33. The van der Waals surface area contributed by atoms with Gasteiger partial charge in [0.2, 0.25) is 0 Å². The van der Waals surface area contributed by atoms with Crippen LogP contribution in [0.1, 0.15) is 50.6 Å². The number of hydrogen-bond acceptors (Lipinski definition) is 2. The minimum atomic E-state index is 0.267. The van der Waals surface area contributed by atoms with Crippen LogP contribution in [0.4, 0.5) is 0 Å². The molecule has 2 nitrogen and oxygen atoms in total. The van der Waals surface area contributed by atoms with Crippen molar-refractivity contribution in [3.63, 3.8) is 0 Å². The molecule has 0 saturated heterocycles.